The van der Waals surface area contributed by atoms with Crippen molar-refractivity contribution in [3.63, 3.8) is 0 Å². The lowest BCUT2D eigenvalue weighted by atomic mass is 9.94. The summed E-state index contributed by atoms with van der Waals surface area (Å²) in [6.07, 6.45) is 9.21. The molecular formula is C44H47N5O7S. The van der Waals surface area contributed by atoms with Crippen LogP contribution in [0.25, 0.3) is 11.1 Å². The van der Waals surface area contributed by atoms with E-state index < -0.39 is 68.1 Å². The van der Waals surface area contributed by atoms with Crippen molar-refractivity contribution in [2.24, 2.45) is 11.1 Å². The van der Waals surface area contributed by atoms with Crippen LogP contribution in [-0.2, 0) is 39.5 Å². The van der Waals surface area contributed by atoms with Crippen molar-refractivity contribution in [3.05, 3.63) is 108 Å². The minimum atomic E-state index is -3.88. The molecule has 2 aliphatic heterocycles. The van der Waals surface area contributed by atoms with E-state index in [0.29, 0.717) is 44.2 Å². The average Bonchev–Trinajstić information content (AvgIpc) is 4.15. The van der Waals surface area contributed by atoms with Gasteiger partial charge in [-0.05, 0) is 68.1 Å². The maximum absolute atomic E-state index is 14.8. The maximum Gasteiger partial charge on any atom is 0.259 e. The van der Waals surface area contributed by atoms with Crippen molar-refractivity contribution < 1.29 is 32.4 Å². The van der Waals surface area contributed by atoms with E-state index in [-0.39, 0.29) is 25.3 Å². The third kappa shape index (κ3) is 7.04. The molecule has 5 atom stereocenters. The fourth-order valence-electron chi connectivity index (χ4n) is 8.88. The Balaban J connectivity index is 1.02. The largest absolute Gasteiger partial charge is 0.390 e. The summed E-state index contributed by atoms with van der Waals surface area (Å²) in [5, 5.41) is 10.1. The standard InChI is InChI=1S/C44H47N5O7S/c50-39-37-25-30(56-47-38-34-18-11-9-16-32(34)33-17-10-12-19-35(33)38)27-49(37)40(51)36(45-41(52)43(23-24-43)28-13-6-4-7-14-28)20-8-3-1-2-5-15-29-26-44(29,46-39)42(53)48-57(54,55)31-21-22-31/h4-7,9-19,29-31,36-37H,1-3,8,20-27H2,(H,45,52)(H,46,50)(H,48,53)/b15-5-/t29?,30-,36+,37+,44?/m1/s1. The Morgan fingerprint density at radius 2 is 1.49 bits per heavy atom. The Morgan fingerprint density at radius 1 is 0.825 bits per heavy atom. The molecule has 3 saturated carbocycles. The number of nitrogens with zero attached hydrogens (tertiary/aromatic N) is 2. The van der Waals surface area contributed by atoms with Gasteiger partial charge >= 0.3 is 0 Å². The molecule has 2 unspecified atom stereocenters. The van der Waals surface area contributed by atoms with Crippen molar-refractivity contribution in [1.82, 2.24) is 20.3 Å². The first-order valence-electron chi connectivity index (χ1n) is 20.2. The van der Waals surface area contributed by atoms with E-state index in [9.17, 15) is 27.6 Å². The second kappa shape index (κ2) is 14.6. The molecule has 57 heavy (non-hydrogen) atoms. The van der Waals surface area contributed by atoms with Crippen molar-refractivity contribution in [1.29, 1.82) is 0 Å². The minimum absolute atomic E-state index is 0.0196. The molecule has 4 aliphatic carbocycles. The van der Waals surface area contributed by atoms with Crippen LogP contribution in [0.2, 0.25) is 0 Å². The first kappa shape index (κ1) is 37.3. The van der Waals surface area contributed by atoms with Crippen LogP contribution in [0.3, 0.4) is 0 Å². The van der Waals surface area contributed by atoms with Crippen molar-refractivity contribution in [3.8, 4) is 11.1 Å². The quantitative estimate of drug-likeness (QED) is 0.173. The summed E-state index contributed by atoms with van der Waals surface area (Å²) in [5.74, 6) is -2.38. The van der Waals surface area contributed by atoms with Crippen LogP contribution in [0.15, 0.2) is 96.2 Å². The number of carbonyl (C=O) groups excluding carboxylic acids is 4. The maximum atomic E-state index is 14.8. The van der Waals surface area contributed by atoms with Gasteiger partial charge in [-0.2, -0.15) is 0 Å². The minimum Gasteiger partial charge on any atom is -0.390 e. The van der Waals surface area contributed by atoms with E-state index in [0.717, 1.165) is 47.1 Å². The Morgan fingerprint density at radius 3 is 2.16 bits per heavy atom. The molecule has 0 spiro atoms. The van der Waals surface area contributed by atoms with Crippen LogP contribution in [0.1, 0.15) is 87.3 Å². The Kier molecular flexibility index (Phi) is 9.53. The summed E-state index contributed by atoms with van der Waals surface area (Å²) in [6, 6.07) is 23.5. The van der Waals surface area contributed by atoms with Gasteiger partial charge in [-0.3, -0.25) is 23.9 Å². The summed E-state index contributed by atoms with van der Waals surface area (Å²) in [4.78, 5) is 64.9. The lowest BCUT2D eigenvalue weighted by Gasteiger charge is -2.30. The molecule has 6 aliphatic rings. The highest BCUT2D eigenvalue weighted by atomic mass is 32.2. The van der Waals surface area contributed by atoms with Crippen LogP contribution in [-0.4, -0.2) is 78.2 Å². The molecule has 3 N–H and O–H groups in total. The average molecular weight is 790 g/mol. The number of fused-ring (bicyclic) bond motifs is 5. The molecule has 3 aromatic carbocycles. The Bertz CT molecular complexity index is 2240. The highest BCUT2D eigenvalue weighted by Gasteiger charge is 2.62. The van der Waals surface area contributed by atoms with Crippen molar-refractivity contribution in [2.45, 2.75) is 105 Å². The third-order valence-electron chi connectivity index (χ3n) is 12.6. The van der Waals surface area contributed by atoms with Crippen LogP contribution < -0.4 is 15.4 Å². The van der Waals surface area contributed by atoms with Gasteiger partial charge in [0.05, 0.1) is 17.2 Å². The fraction of sp³-hybridized carbons (Fsp3) is 0.432. The van der Waals surface area contributed by atoms with E-state index in [1.165, 1.54) is 4.90 Å². The summed E-state index contributed by atoms with van der Waals surface area (Å²) in [5.41, 5.74) is 3.27. The molecule has 2 heterocycles. The molecule has 296 valence electrons. The van der Waals surface area contributed by atoms with Crippen LogP contribution in [0.4, 0.5) is 0 Å². The van der Waals surface area contributed by atoms with E-state index in [1.807, 2.05) is 91.0 Å². The normalized spacial score (nSPS) is 28.2. The molecule has 0 bridgehead atoms. The van der Waals surface area contributed by atoms with E-state index in [2.05, 4.69) is 20.5 Å². The number of benzene rings is 3. The highest BCUT2D eigenvalue weighted by molar-refractivity contribution is 7.91. The van der Waals surface area contributed by atoms with Crippen molar-refractivity contribution >= 4 is 39.4 Å². The number of allylic oxidation sites excluding steroid dienone is 1. The third-order valence-corrected chi connectivity index (χ3v) is 14.4. The van der Waals surface area contributed by atoms with Crippen molar-refractivity contribution in [2.75, 3.05) is 6.54 Å². The van der Waals surface area contributed by atoms with Gasteiger partial charge in [0.2, 0.25) is 27.7 Å². The smallest absolute Gasteiger partial charge is 0.259 e. The van der Waals surface area contributed by atoms with Gasteiger partial charge in [-0.15, -0.1) is 0 Å². The SMILES string of the molecule is O=C1NC2(C(=O)NS(=O)(=O)C3CC3)CC2/C=C\CCCCC[C@H](NC(=O)C2(c3ccccc3)CC2)C(=O)N2C[C@H](ON=C3c4ccccc4-c4ccccc43)C[C@@H]12. The van der Waals surface area contributed by atoms with Gasteiger partial charge in [0, 0.05) is 23.5 Å². The topological polar surface area (TPSA) is 163 Å². The van der Waals surface area contributed by atoms with E-state index in [1.54, 1.807) is 0 Å². The Hall–Kier alpha value is -5.30. The predicted octanol–water partition coefficient (Wildman–Crippen LogP) is 4.63. The van der Waals surface area contributed by atoms with Gasteiger partial charge in [-0.1, -0.05) is 109 Å². The summed E-state index contributed by atoms with van der Waals surface area (Å²) < 4.78 is 28.1. The highest BCUT2D eigenvalue weighted by Crippen LogP contribution is 2.49. The first-order valence-corrected chi connectivity index (χ1v) is 21.8. The van der Waals surface area contributed by atoms with E-state index >= 15 is 0 Å². The lowest BCUT2D eigenvalue weighted by Crippen LogP contribution is -2.58. The summed E-state index contributed by atoms with van der Waals surface area (Å²) >= 11 is 0. The monoisotopic (exact) mass is 789 g/mol. The molecule has 3 aromatic rings. The number of oxime groups is 1. The van der Waals surface area contributed by atoms with Gasteiger partial charge in [0.25, 0.3) is 5.91 Å². The van der Waals surface area contributed by atoms with Crippen LogP contribution in [0.5, 0.6) is 0 Å². The first-order chi connectivity index (χ1) is 27.6. The van der Waals surface area contributed by atoms with Gasteiger partial charge in [0.15, 0.2) is 0 Å². The number of rotatable bonds is 8. The number of hydrogen-bond donors (Lipinski definition) is 3. The number of sulfonamides is 1. The van der Waals surface area contributed by atoms with Crippen LogP contribution >= 0.6 is 0 Å². The fourth-order valence-corrected chi connectivity index (χ4v) is 10.2. The number of amides is 4. The van der Waals surface area contributed by atoms with Gasteiger partial charge in [0.1, 0.15) is 29.4 Å². The molecule has 1 saturated heterocycles. The number of hydrogen-bond acceptors (Lipinski definition) is 8. The zero-order valence-corrected chi connectivity index (χ0v) is 32.5. The predicted molar refractivity (Wildman–Crippen MR) is 213 cm³/mol. The zero-order chi connectivity index (χ0) is 39.4. The molecule has 4 fully saturated rings. The number of carbonyl (C=O) groups is 4. The Labute approximate surface area is 332 Å². The molecule has 9 rings (SSSR count). The second-order valence-electron chi connectivity index (χ2n) is 16.5. The zero-order valence-electron chi connectivity index (χ0n) is 31.7. The van der Waals surface area contributed by atoms with Crippen LogP contribution in [0, 0.1) is 5.92 Å². The summed E-state index contributed by atoms with van der Waals surface area (Å²) in [6.45, 7) is 0.0196. The molecule has 13 heteroatoms. The van der Waals surface area contributed by atoms with Gasteiger partial charge < -0.3 is 20.4 Å². The summed E-state index contributed by atoms with van der Waals surface area (Å²) in [7, 11) is -3.88. The molecule has 12 nitrogen and oxygen atoms in total. The lowest BCUT2D eigenvalue weighted by molar-refractivity contribution is -0.142. The molecular weight excluding hydrogens is 743 g/mol. The molecule has 0 aromatic heterocycles. The number of nitrogens with one attached hydrogen (secondary N) is 3. The van der Waals surface area contributed by atoms with E-state index in [4.69, 9.17) is 4.84 Å². The second-order valence-corrected chi connectivity index (χ2v) is 18.4. The van der Waals surface area contributed by atoms with Gasteiger partial charge in [-0.25, -0.2) is 8.42 Å². The molecule has 4 amide bonds. The molecule has 0 radical (unpaired) electrons.